The maximum Gasteiger partial charge on any atom is 0.311 e. The fourth-order valence-corrected chi connectivity index (χ4v) is 1.42. The number of halogens is 1. The second kappa shape index (κ2) is 4.40. The lowest BCUT2D eigenvalue weighted by Crippen LogP contribution is -2.26. The Balaban J connectivity index is 2.52. The fourth-order valence-electron chi connectivity index (χ4n) is 1.42. The van der Waals surface area contributed by atoms with Crippen LogP contribution in [0.4, 0.5) is 4.39 Å². The Kier molecular flexibility index (Phi) is 3.47. The zero-order chi connectivity index (χ0) is 8.97. The van der Waals surface area contributed by atoms with Gasteiger partial charge in [0.25, 0.3) is 0 Å². The first kappa shape index (κ1) is 9.45. The third kappa shape index (κ3) is 2.17. The van der Waals surface area contributed by atoms with Crippen molar-refractivity contribution in [2.75, 3.05) is 20.2 Å². The molecular formula is C8H14FNO2. The molecule has 1 saturated heterocycles. The summed E-state index contributed by atoms with van der Waals surface area (Å²) < 4.78 is 17.7. The summed E-state index contributed by atoms with van der Waals surface area (Å²) in [4.78, 5) is 11.0. The minimum Gasteiger partial charge on any atom is -0.469 e. The number of methoxy groups -OCH3 is 1. The van der Waals surface area contributed by atoms with Gasteiger partial charge in [0.15, 0.2) is 0 Å². The number of ether oxygens (including phenoxy) is 1. The molecule has 0 aliphatic carbocycles. The highest BCUT2D eigenvalue weighted by Gasteiger charge is 2.29. The molecule has 0 spiro atoms. The van der Waals surface area contributed by atoms with Crippen LogP contribution in [0.15, 0.2) is 0 Å². The van der Waals surface area contributed by atoms with Gasteiger partial charge >= 0.3 is 5.97 Å². The average molecular weight is 175 g/mol. The summed E-state index contributed by atoms with van der Waals surface area (Å²) >= 11 is 0. The normalized spacial score (nSPS) is 30.8. The molecule has 0 saturated carbocycles. The molecule has 1 rings (SSSR count). The van der Waals surface area contributed by atoms with Gasteiger partial charge in [0.2, 0.25) is 0 Å². The summed E-state index contributed by atoms with van der Waals surface area (Å²) in [6, 6.07) is 0. The van der Waals surface area contributed by atoms with Crippen LogP contribution in [0, 0.1) is 5.92 Å². The summed E-state index contributed by atoms with van der Waals surface area (Å²) in [7, 11) is 1.30. The van der Waals surface area contributed by atoms with Gasteiger partial charge in [-0.1, -0.05) is 0 Å². The molecule has 0 aromatic carbocycles. The molecule has 0 bridgehead atoms. The van der Waals surface area contributed by atoms with E-state index in [2.05, 4.69) is 10.1 Å². The summed E-state index contributed by atoms with van der Waals surface area (Å²) in [5, 5.41) is 3.04. The van der Waals surface area contributed by atoms with E-state index in [9.17, 15) is 9.18 Å². The van der Waals surface area contributed by atoms with E-state index in [1.807, 2.05) is 0 Å². The maximum absolute atomic E-state index is 13.2. The van der Waals surface area contributed by atoms with Crippen LogP contribution in [0.5, 0.6) is 0 Å². The highest BCUT2D eigenvalue weighted by atomic mass is 19.1. The van der Waals surface area contributed by atoms with Crippen LogP contribution in [-0.4, -0.2) is 32.3 Å². The van der Waals surface area contributed by atoms with Gasteiger partial charge in [-0.05, 0) is 25.9 Å². The second-order valence-corrected chi connectivity index (χ2v) is 2.97. The van der Waals surface area contributed by atoms with Gasteiger partial charge in [-0.25, -0.2) is 4.39 Å². The van der Waals surface area contributed by atoms with E-state index >= 15 is 0 Å². The number of carbonyl (C=O) groups excluding carboxylic acids is 1. The van der Waals surface area contributed by atoms with Gasteiger partial charge in [0.05, 0.1) is 13.0 Å². The fraction of sp³-hybridized carbons (Fsp3) is 0.875. The number of hydrogen-bond acceptors (Lipinski definition) is 3. The molecule has 1 N–H and O–H groups in total. The zero-order valence-corrected chi connectivity index (χ0v) is 7.18. The predicted octanol–water partition coefficient (Wildman–Crippen LogP) is 0.497. The monoisotopic (exact) mass is 175 g/mol. The third-order valence-corrected chi connectivity index (χ3v) is 2.17. The van der Waals surface area contributed by atoms with Crippen LogP contribution in [0.2, 0.25) is 0 Å². The molecule has 2 atom stereocenters. The number of rotatable bonds is 1. The van der Waals surface area contributed by atoms with Crippen LogP contribution >= 0.6 is 0 Å². The van der Waals surface area contributed by atoms with Gasteiger partial charge in [0, 0.05) is 0 Å². The molecule has 70 valence electrons. The lowest BCUT2D eigenvalue weighted by Gasteiger charge is -2.14. The van der Waals surface area contributed by atoms with Gasteiger partial charge in [-0.3, -0.25) is 4.79 Å². The first-order valence-corrected chi connectivity index (χ1v) is 4.18. The van der Waals surface area contributed by atoms with Crippen LogP contribution < -0.4 is 5.32 Å². The Morgan fingerprint density at radius 2 is 2.17 bits per heavy atom. The summed E-state index contributed by atoms with van der Waals surface area (Å²) in [6.07, 6.45) is -0.111. The van der Waals surface area contributed by atoms with Crippen molar-refractivity contribution in [3.63, 3.8) is 0 Å². The van der Waals surface area contributed by atoms with Gasteiger partial charge in [-0.15, -0.1) is 0 Å². The molecule has 1 aliphatic heterocycles. The zero-order valence-electron chi connectivity index (χ0n) is 7.18. The van der Waals surface area contributed by atoms with Gasteiger partial charge < -0.3 is 10.1 Å². The molecule has 12 heavy (non-hydrogen) atoms. The van der Waals surface area contributed by atoms with Gasteiger partial charge in [-0.2, -0.15) is 0 Å². The molecule has 0 aromatic heterocycles. The van der Waals surface area contributed by atoms with E-state index in [1.165, 1.54) is 7.11 Å². The first-order valence-electron chi connectivity index (χ1n) is 4.18. The van der Waals surface area contributed by atoms with Crippen molar-refractivity contribution in [2.24, 2.45) is 5.92 Å². The average Bonchev–Trinajstić information content (AvgIpc) is 2.28. The van der Waals surface area contributed by atoms with E-state index in [0.29, 0.717) is 25.9 Å². The highest BCUT2D eigenvalue weighted by molar-refractivity contribution is 5.73. The molecule has 1 fully saturated rings. The molecule has 0 radical (unpaired) electrons. The maximum atomic E-state index is 13.2. The van der Waals surface area contributed by atoms with Crippen molar-refractivity contribution < 1.29 is 13.9 Å². The van der Waals surface area contributed by atoms with Crippen LogP contribution in [-0.2, 0) is 9.53 Å². The van der Waals surface area contributed by atoms with Crippen LogP contribution in [0.25, 0.3) is 0 Å². The van der Waals surface area contributed by atoms with Crippen molar-refractivity contribution in [1.29, 1.82) is 0 Å². The lowest BCUT2D eigenvalue weighted by atomic mass is 9.99. The number of esters is 1. The quantitative estimate of drug-likeness (QED) is 0.590. The number of hydrogen-bond donors (Lipinski definition) is 1. The molecule has 0 aromatic rings. The summed E-state index contributed by atoms with van der Waals surface area (Å²) in [5.41, 5.74) is 0. The Labute approximate surface area is 71.3 Å². The van der Waals surface area contributed by atoms with Crippen molar-refractivity contribution in [3.8, 4) is 0 Å². The van der Waals surface area contributed by atoms with E-state index in [4.69, 9.17) is 0 Å². The molecular weight excluding hydrogens is 161 g/mol. The van der Waals surface area contributed by atoms with Crippen molar-refractivity contribution in [3.05, 3.63) is 0 Å². The highest BCUT2D eigenvalue weighted by Crippen LogP contribution is 2.18. The van der Waals surface area contributed by atoms with E-state index in [-0.39, 0.29) is 0 Å². The van der Waals surface area contributed by atoms with E-state index < -0.39 is 18.1 Å². The minimum absolute atomic E-state index is 0.403. The molecule has 0 unspecified atom stereocenters. The minimum atomic E-state index is -1.05. The van der Waals surface area contributed by atoms with E-state index in [0.717, 1.165) is 0 Å². The molecule has 1 aliphatic rings. The Bertz CT molecular complexity index is 163. The van der Waals surface area contributed by atoms with Crippen LogP contribution in [0.3, 0.4) is 0 Å². The second-order valence-electron chi connectivity index (χ2n) is 2.97. The standard InChI is InChI=1S/C8H14FNO2/c1-12-8(11)6-2-4-10-5-3-7(6)9/h6-7,10H,2-5H2,1H3/t6-,7-/m1/s1. The molecule has 4 heteroatoms. The molecule has 1 heterocycles. The molecule has 0 amide bonds. The van der Waals surface area contributed by atoms with Crippen molar-refractivity contribution in [1.82, 2.24) is 5.32 Å². The number of carbonyl (C=O) groups is 1. The summed E-state index contributed by atoms with van der Waals surface area (Å²) in [5.74, 6) is -0.990. The summed E-state index contributed by atoms with van der Waals surface area (Å²) in [6.45, 7) is 1.34. The van der Waals surface area contributed by atoms with Crippen molar-refractivity contribution >= 4 is 5.97 Å². The smallest absolute Gasteiger partial charge is 0.311 e. The number of alkyl halides is 1. The Morgan fingerprint density at radius 1 is 1.50 bits per heavy atom. The first-order chi connectivity index (χ1) is 5.75. The van der Waals surface area contributed by atoms with E-state index in [1.54, 1.807) is 0 Å². The van der Waals surface area contributed by atoms with Crippen molar-refractivity contribution in [2.45, 2.75) is 19.0 Å². The largest absolute Gasteiger partial charge is 0.469 e. The SMILES string of the molecule is COC(=O)[C@@H]1CCNCC[C@H]1F. The van der Waals surface area contributed by atoms with Crippen LogP contribution in [0.1, 0.15) is 12.8 Å². The molecule has 3 nitrogen and oxygen atoms in total. The Hall–Kier alpha value is -0.640. The topological polar surface area (TPSA) is 38.3 Å². The lowest BCUT2D eigenvalue weighted by molar-refractivity contribution is -0.147. The number of nitrogens with one attached hydrogen (secondary N) is 1. The van der Waals surface area contributed by atoms with Gasteiger partial charge in [0.1, 0.15) is 6.17 Å². The predicted molar refractivity (Wildman–Crippen MR) is 42.5 cm³/mol. The third-order valence-electron chi connectivity index (χ3n) is 2.17. The Morgan fingerprint density at radius 3 is 2.83 bits per heavy atom.